The van der Waals surface area contributed by atoms with Gasteiger partial charge < -0.3 is 5.73 Å². The van der Waals surface area contributed by atoms with Crippen LogP contribution in [0.5, 0.6) is 0 Å². The quantitative estimate of drug-likeness (QED) is 0.838. The lowest BCUT2D eigenvalue weighted by Crippen LogP contribution is -2.57. The molecule has 0 aliphatic heterocycles. The molecule has 1 aliphatic rings. The number of hydrogen-bond acceptors (Lipinski definition) is 3. The lowest BCUT2D eigenvalue weighted by Gasteiger charge is -2.48. The second kappa shape index (κ2) is 7.90. The second-order valence-corrected chi connectivity index (χ2v) is 6.72. The minimum atomic E-state index is 0.237. The largest absolute Gasteiger partial charge is 0.329 e. The molecule has 0 amide bonds. The first kappa shape index (κ1) is 16.4. The molecule has 2 atom stereocenters. The summed E-state index contributed by atoms with van der Waals surface area (Å²) in [5.41, 5.74) is 7.86. The van der Waals surface area contributed by atoms with Crippen molar-refractivity contribution in [3.8, 4) is 0 Å². The highest BCUT2D eigenvalue weighted by Gasteiger charge is 2.38. The van der Waals surface area contributed by atoms with E-state index in [-0.39, 0.29) is 5.54 Å². The van der Waals surface area contributed by atoms with E-state index in [1.807, 2.05) is 12.4 Å². The average molecular weight is 289 g/mol. The smallest absolute Gasteiger partial charge is 0.0334 e. The third kappa shape index (κ3) is 4.27. The molecular weight excluding hydrogens is 258 g/mol. The lowest BCUT2D eigenvalue weighted by atomic mass is 9.75. The maximum absolute atomic E-state index is 6.25. The van der Waals surface area contributed by atoms with Crippen LogP contribution < -0.4 is 5.73 Å². The van der Waals surface area contributed by atoms with Gasteiger partial charge in [0.1, 0.15) is 0 Å². The SMILES string of the molecule is CCCN(CCc1ccncc1)C1(CN)CCCC(C)C1. The Kier molecular flexibility index (Phi) is 6.19. The molecule has 1 saturated carbocycles. The highest BCUT2D eigenvalue weighted by atomic mass is 15.2. The van der Waals surface area contributed by atoms with E-state index < -0.39 is 0 Å². The molecule has 1 fully saturated rings. The predicted octanol–water partition coefficient (Wildman–Crippen LogP) is 3.24. The Morgan fingerprint density at radius 3 is 2.71 bits per heavy atom. The van der Waals surface area contributed by atoms with Gasteiger partial charge in [0, 0.05) is 31.0 Å². The standard InChI is InChI=1S/C18H31N3/c1-3-12-21(13-8-17-6-10-20-11-7-17)18(15-19)9-4-5-16(2)14-18/h6-7,10-11,16H,3-5,8-9,12-15,19H2,1-2H3. The van der Waals surface area contributed by atoms with E-state index in [9.17, 15) is 0 Å². The molecule has 1 aliphatic carbocycles. The van der Waals surface area contributed by atoms with Crippen LogP contribution >= 0.6 is 0 Å². The van der Waals surface area contributed by atoms with Gasteiger partial charge in [-0.3, -0.25) is 9.88 Å². The van der Waals surface area contributed by atoms with E-state index in [0.717, 1.165) is 32.0 Å². The Labute approximate surface area is 129 Å². The van der Waals surface area contributed by atoms with Gasteiger partial charge in [0.15, 0.2) is 0 Å². The molecule has 2 N–H and O–H groups in total. The summed E-state index contributed by atoms with van der Waals surface area (Å²) in [7, 11) is 0. The van der Waals surface area contributed by atoms with Crippen molar-refractivity contribution in [1.29, 1.82) is 0 Å². The third-order valence-corrected chi connectivity index (χ3v) is 5.03. The zero-order chi connectivity index (χ0) is 15.1. The molecule has 2 unspecified atom stereocenters. The van der Waals surface area contributed by atoms with Crippen LogP contribution in [0.2, 0.25) is 0 Å². The summed E-state index contributed by atoms with van der Waals surface area (Å²) >= 11 is 0. The van der Waals surface area contributed by atoms with Crippen LogP contribution in [0.15, 0.2) is 24.5 Å². The van der Waals surface area contributed by atoms with Crippen molar-refractivity contribution < 1.29 is 0 Å². The van der Waals surface area contributed by atoms with E-state index in [2.05, 4.69) is 35.9 Å². The Morgan fingerprint density at radius 2 is 2.10 bits per heavy atom. The maximum Gasteiger partial charge on any atom is 0.0334 e. The van der Waals surface area contributed by atoms with Crippen molar-refractivity contribution in [1.82, 2.24) is 9.88 Å². The van der Waals surface area contributed by atoms with E-state index in [1.54, 1.807) is 0 Å². The van der Waals surface area contributed by atoms with Crippen molar-refractivity contribution >= 4 is 0 Å². The minimum absolute atomic E-state index is 0.237. The molecule has 1 heterocycles. The lowest BCUT2D eigenvalue weighted by molar-refractivity contribution is 0.0397. The van der Waals surface area contributed by atoms with Gasteiger partial charge in [0.2, 0.25) is 0 Å². The van der Waals surface area contributed by atoms with Gasteiger partial charge >= 0.3 is 0 Å². The fraction of sp³-hybridized carbons (Fsp3) is 0.722. The third-order valence-electron chi connectivity index (χ3n) is 5.03. The van der Waals surface area contributed by atoms with Gasteiger partial charge in [-0.1, -0.05) is 26.7 Å². The van der Waals surface area contributed by atoms with Gasteiger partial charge in [-0.25, -0.2) is 0 Å². The van der Waals surface area contributed by atoms with Gasteiger partial charge in [-0.05, 0) is 55.8 Å². The van der Waals surface area contributed by atoms with Gasteiger partial charge in [-0.2, -0.15) is 0 Å². The van der Waals surface area contributed by atoms with E-state index in [0.29, 0.717) is 0 Å². The van der Waals surface area contributed by atoms with Gasteiger partial charge in [0.25, 0.3) is 0 Å². The Hall–Kier alpha value is -0.930. The number of aromatic nitrogens is 1. The normalized spacial score (nSPS) is 26.2. The van der Waals surface area contributed by atoms with Crippen LogP contribution in [0, 0.1) is 5.92 Å². The van der Waals surface area contributed by atoms with Crippen molar-refractivity contribution in [3.63, 3.8) is 0 Å². The molecule has 0 saturated heterocycles. The van der Waals surface area contributed by atoms with Crippen LogP contribution in [-0.2, 0) is 6.42 Å². The molecular formula is C18H31N3. The number of pyridine rings is 1. The molecule has 3 nitrogen and oxygen atoms in total. The van der Waals surface area contributed by atoms with Crippen LogP contribution in [0.3, 0.4) is 0 Å². The molecule has 118 valence electrons. The zero-order valence-corrected chi connectivity index (χ0v) is 13.7. The molecule has 1 aromatic rings. The van der Waals surface area contributed by atoms with Gasteiger partial charge in [0.05, 0.1) is 0 Å². The van der Waals surface area contributed by atoms with Crippen molar-refractivity contribution in [2.75, 3.05) is 19.6 Å². The first-order chi connectivity index (χ1) is 10.2. The Balaban J connectivity index is 2.05. The summed E-state index contributed by atoms with van der Waals surface area (Å²) in [5.74, 6) is 0.808. The molecule has 0 bridgehead atoms. The summed E-state index contributed by atoms with van der Waals surface area (Å²) < 4.78 is 0. The second-order valence-electron chi connectivity index (χ2n) is 6.72. The summed E-state index contributed by atoms with van der Waals surface area (Å²) in [6.07, 6.45) is 11.3. The number of hydrogen-bond donors (Lipinski definition) is 1. The molecule has 1 aromatic heterocycles. The molecule has 0 aromatic carbocycles. The first-order valence-corrected chi connectivity index (χ1v) is 8.54. The highest BCUT2D eigenvalue weighted by molar-refractivity contribution is 5.10. The van der Waals surface area contributed by atoms with E-state index in [1.165, 1.54) is 37.7 Å². The number of nitrogens with two attached hydrogens (primary N) is 1. The molecule has 2 rings (SSSR count). The van der Waals surface area contributed by atoms with Crippen LogP contribution in [-0.4, -0.2) is 35.1 Å². The van der Waals surface area contributed by atoms with Crippen molar-refractivity contribution in [2.24, 2.45) is 11.7 Å². The number of rotatable bonds is 7. The van der Waals surface area contributed by atoms with Crippen molar-refractivity contribution in [3.05, 3.63) is 30.1 Å². The topological polar surface area (TPSA) is 42.2 Å². The minimum Gasteiger partial charge on any atom is -0.329 e. The van der Waals surface area contributed by atoms with E-state index >= 15 is 0 Å². The average Bonchev–Trinajstić information content (AvgIpc) is 2.52. The fourth-order valence-electron chi connectivity index (χ4n) is 3.90. The molecule has 0 radical (unpaired) electrons. The fourth-order valence-corrected chi connectivity index (χ4v) is 3.90. The van der Waals surface area contributed by atoms with Crippen LogP contribution in [0.1, 0.15) is 51.5 Å². The van der Waals surface area contributed by atoms with Gasteiger partial charge in [-0.15, -0.1) is 0 Å². The summed E-state index contributed by atoms with van der Waals surface area (Å²) in [6.45, 7) is 7.73. The molecule has 3 heteroatoms. The predicted molar refractivity (Wildman–Crippen MR) is 89.2 cm³/mol. The highest BCUT2D eigenvalue weighted by Crippen LogP contribution is 2.36. The number of nitrogens with zero attached hydrogens (tertiary/aromatic N) is 2. The summed E-state index contributed by atoms with van der Waals surface area (Å²) in [5, 5.41) is 0. The summed E-state index contributed by atoms with van der Waals surface area (Å²) in [4.78, 5) is 6.79. The zero-order valence-electron chi connectivity index (χ0n) is 13.7. The molecule has 21 heavy (non-hydrogen) atoms. The Bertz CT molecular complexity index is 406. The maximum atomic E-state index is 6.25. The molecule has 0 spiro atoms. The summed E-state index contributed by atoms with van der Waals surface area (Å²) in [6, 6.07) is 4.26. The monoisotopic (exact) mass is 289 g/mol. The van der Waals surface area contributed by atoms with E-state index in [4.69, 9.17) is 5.73 Å². The van der Waals surface area contributed by atoms with Crippen LogP contribution in [0.25, 0.3) is 0 Å². The van der Waals surface area contributed by atoms with Crippen LogP contribution in [0.4, 0.5) is 0 Å². The Morgan fingerprint density at radius 1 is 1.33 bits per heavy atom. The van der Waals surface area contributed by atoms with Crippen molar-refractivity contribution in [2.45, 2.75) is 57.9 Å². The first-order valence-electron chi connectivity index (χ1n) is 8.54.